The van der Waals surface area contributed by atoms with Crippen molar-refractivity contribution in [2.75, 3.05) is 19.8 Å². The predicted molar refractivity (Wildman–Crippen MR) is 199 cm³/mol. The molecule has 3 saturated carbocycles. The molecule has 3 heterocycles. The summed E-state index contributed by atoms with van der Waals surface area (Å²) in [5, 5.41) is 82.6. The van der Waals surface area contributed by atoms with E-state index in [1.165, 1.54) is 0 Å². The average Bonchev–Trinajstić information content (AvgIpc) is 3.53. The highest BCUT2D eigenvalue weighted by molar-refractivity contribution is 5.33. The fourth-order valence-corrected chi connectivity index (χ4v) is 13.2. The second-order valence-electron chi connectivity index (χ2n) is 19.6. The van der Waals surface area contributed by atoms with E-state index in [1.54, 1.807) is 0 Å². The molecule has 0 unspecified atom stereocenters. The third-order valence-electron chi connectivity index (χ3n) is 16.5. The molecule has 0 aromatic carbocycles. The Hall–Kier alpha value is -1.04. The van der Waals surface area contributed by atoms with Crippen LogP contribution in [-0.4, -0.2) is 140 Å². The van der Waals surface area contributed by atoms with Crippen molar-refractivity contribution >= 4 is 0 Å². The van der Waals surface area contributed by atoms with E-state index >= 15 is 0 Å². The summed E-state index contributed by atoms with van der Waals surface area (Å²) in [6.07, 6.45) is -0.710. The molecule has 13 heteroatoms. The summed E-state index contributed by atoms with van der Waals surface area (Å²) in [4.78, 5) is 0. The van der Waals surface area contributed by atoms with E-state index in [9.17, 15) is 40.9 Å². The molecule has 2 bridgehead atoms. The molecule has 314 valence electrons. The van der Waals surface area contributed by atoms with Crippen LogP contribution < -0.4 is 0 Å². The van der Waals surface area contributed by atoms with Crippen LogP contribution in [0.2, 0.25) is 0 Å². The lowest BCUT2D eigenvalue weighted by Crippen LogP contribution is -2.66. The van der Waals surface area contributed by atoms with Gasteiger partial charge in [-0.2, -0.15) is 0 Å². The van der Waals surface area contributed by atoms with Gasteiger partial charge in [0.15, 0.2) is 12.6 Å². The van der Waals surface area contributed by atoms with E-state index in [-0.39, 0.29) is 34.2 Å². The standard InChI is InChI=1S/C42H68O13/c1-21(2)16-23(52-36-34(49)32(47)30(45)25(18-43)53-36)17-22(3)24-10-12-40(7)27-11-13-42-28(41(27,20-51-42)15-14-39(24,40)6)8-9-29(38(42,4)5)55-37-35(50)33(48)31(46)26(19-44)54-37/h11,13,16,22-37,43-50H,8-10,12,14-15,17-20H2,1-7H3/t22-,23+,24-,25-,26-,27+,28+,29+,30-,31-,32-,33+,34-,35-,36-,37+,39-,40+,41+,42-/m1/s1. The molecular formula is C42H68O13. The number of aliphatic hydroxyl groups excluding tert-OH is 8. The Morgan fingerprint density at radius 1 is 0.782 bits per heavy atom. The lowest BCUT2D eigenvalue weighted by Gasteiger charge is -2.65. The minimum atomic E-state index is -1.50. The first-order valence-electron chi connectivity index (χ1n) is 20.7. The summed E-state index contributed by atoms with van der Waals surface area (Å²) in [7, 11) is 0. The minimum absolute atomic E-state index is 0.0124. The van der Waals surface area contributed by atoms with Gasteiger partial charge in [-0.25, -0.2) is 0 Å². The molecule has 3 saturated heterocycles. The van der Waals surface area contributed by atoms with E-state index in [4.69, 9.17) is 23.7 Å². The van der Waals surface area contributed by atoms with Crippen LogP contribution in [0.3, 0.4) is 0 Å². The first-order valence-corrected chi connectivity index (χ1v) is 20.7. The monoisotopic (exact) mass is 780 g/mol. The van der Waals surface area contributed by atoms with Crippen molar-refractivity contribution in [2.24, 2.45) is 45.3 Å². The SMILES string of the molecule is CC(C)=C[C@@H](C[C@@H](C)[C@H]1CC[C@@]2(C)[C@@H]3C=C[C@@]45OC[C@]3(CC[C@]12C)[C@@H]4CC[C@H](O[C@@H]1O[C@H](CO)[C@@H](O)[C@H](O)[C@H]1O)C5(C)C)O[C@@H]1O[C@H](CO)[C@@H](O)[C@@H](O)[C@H]1O. The van der Waals surface area contributed by atoms with Crippen LogP contribution in [0.25, 0.3) is 0 Å². The summed E-state index contributed by atoms with van der Waals surface area (Å²) in [5.41, 5.74) is -0.0454. The number of hydrogen-bond acceptors (Lipinski definition) is 13. The highest BCUT2D eigenvalue weighted by Gasteiger charge is 2.75. The minimum Gasteiger partial charge on any atom is -0.394 e. The fourth-order valence-electron chi connectivity index (χ4n) is 13.2. The zero-order valence-electron chi connectivity index (χ0n) is 33.7. The van der Waals surface area contributed by atoms with Crippen molar-refractivity contribution in [1.82, 2.24) is 0 Å². The summed E-state index contributed by atoms with van der Waals surface area (Å²) < 4.78 is 31.4. The van der Waals surface area contributed by atoms with Crippen molar-refractivity contribution in [3.8, 4) is 0 Å². The third-order valence-corrected chi connectivity index (χ3v) is 16.5. The van der Waals surface area contributed by atoms with Gasteiger partial charge in [0.05, 0.1) is 37.6 Å². The van der Waals surface area contributed by atoms with E-state index in [0.717, 1.165) is 37.7 Å². The second kappa shape index (κ2) is 14.9. The Bertz CT molecular complexity index is 1450. The van der Waals surface area contributed by atoms with E-state index in [1.807, 2.05) is 19.9 Å². The Balaban J connectivity index is 1.09. The quantitative estimate of drug-likeness (QED) is 0.150. The van der Waals surface area contributed by atoms with Crippen molar-refractivity contribution < 1.29 is 64.5 Å². The molecule has 6 fully saturated rings. The van der Waals surface area contributed by atoms with Gasteiger partial charge in [0.2, 0.25) is 0 Å². The van der Waals surface area contributed by atoms with Gasteiger partial charge in [-0.15, -0.1) is 0 Å². The van der Waals surface area contributed by atoms with Gasteiger partial charge in [0.1, 0.15) is 48.8 Å². The topological polar surface area (TPSA) is 208 Å². The second-order valence-corrected chi connectivity index (χ2v) is 19.6. The first kappa shape index (κ1) is 42.1. The van der Waals surface area contributed by atoms with E-state index < -0.39 is 91.7 Å². The molecule has 7 aliphatic rings. The van der Waals surface area contributed by atoms with Crippen molar-refractivity contribution in [3.63, 3.8) is 0 Å². The summed E-state index contributed by atoms with van der Waals surface area (Å²) >= 11 is 0. The highest BCUT2D eigenvalue weighted by atomic mass is 16.7. The molecule has 20 atom stereocenters. The predicted octanol–water partition coefficient (Wildman–Crippen LogP) is 1.94. The molecule has 7 rings (SSSR count). The number of allylic oxidation sites excluding steroid dienone is 2. The van der Waals surface area contributed by atoms with Crippen LogP contribution in [0.15, 0.2) is 23.8 Å². The summed E-state index contributed by atoms with van der Waals surface area (Å²) in [5.74, 6) is 1.25. The molecule has 0 radical (unpaired) electrons. The Morgan fingerprint density at radius 2 is 1.40 bits per heavy atom. The summed E-state index contributed by atoms with van der Waals surface area (Å²) in [6.45, 7) is 15.2. The van der Waals surface area contributed by atoms with Gasteiger partial charge in [-0.3, -0.25) is 0 Å². The molecule has 1 spiro atoms. The third kappa shape index (κ3) is 6.28. The van der Waals surface area contributed by atoms with Crippen LogP contribution >= 0.6 is 0 Å². The molecule has 13 nitrogen and oxygen atoms in total. The smallest absolute Gasteiger partial charge is 0.187 e. The molecule has 3 aliphatic heterocycles. The van der Waals surface area contributed by atoms with Gasteiger partial charge in [-0.05, 0) is 87.4 Å². The molecular weight excluding hydrogens is 712 g/mol. The van der Waals surface area contributed by atoms with Crippen LogP contribution in [0, 0.1) is 45.3 Å². The molecule has 0 amide bonds. The zero-order chi connectivity index (χ0) is 40.0. The van der Waals surface area contributed by atoms with Gasteiger partial charge in [0, 0.05) is 16.7 Å². The molecule has 8 N–H and O–H groups in total. The number of rotatable bonds is 10. The van der Waals surface area contributed by atoms with Crippen LogP contribution in [0.1, 0.15) is 93.4 Å². The maximum absolute atomic E-state index is 10.8. The zero-order valence-corrected chi connectivity index (χ0v) is 33.7. The van der Waals surface area contributed by atoms with Crippen molar-refractivity contribution in [1.29, 1.82) is 0 Å². The molecule has 0 aromatic heterocycles. The lowest BCUT2D eigenvalue weighted by atomic mass is 9.38. The van der Waals surface area contributed by atoms with Gasteiger partial charge < -0.3 is 64.5 Å². The summed E-state index contributed by atoms with van der Waals surface area (Å²) in [6, 6.07) is 0. The first-order chi connectivity index (χ1) is 25.8. The molecule has 4 aliphatic carbocycles. The Labute approximate surface area is 325 Å². The Kier molecular flexibility index (Phi) is 11.4. The fraction of sp³-hybridized carbons (Fsp3) is 0.905. The van der Waals surface area contributed by atoms with Crippen molar-refractivity contribution in [3.05, 3.63) is 23.8 Å². The van der Waals surface area contributed by atoms with Crippen LogP contribution in [0.5, 0.6) is 0 Å². The number of ether oxygens (including phenoxy) is 5. The number of fused-ring (bicyclic) bond motifs is 2. The number of aliphatic hydroxyl groups is 8. The van der Waals surface area contributed by atoms with Crippen LogP contribution in [-0.2, 0) is 23.7 Å². The maximum Gasteiger partial charge on any atom is 0.187 e. The van der Waals surface area contributed by atoms with Crippen molar-refractivity contribution in [2.45, 2.75) is 173 Å². The van der Waals surface area contributed by atoms with Crippen LogP contribution in [0.4, 0.5) is 0 Å². The normalized spacial score (nSPS) is 52.5. The number of hydrogen-bond donors (Lipinski definition) is 8. The molecule has 55 heavy (non-hydrogen) atoms. The largest absolute Gasteiger partial charge is 0.394 e. The molecule has 0 aromatic rings. The Morgan fingerprint density at radius 3 is 2.02 bits per heavy atom. The average molecular weight is 781 g/mol. The van der Waals surface area contributed by atoms with E-state index in [2.05, 4.69) is 46.8 Å². The van der Waals surface area contributed by atoms with Gasteiger partial charge in [-0.1, -0.05) is 58.4 Å². The van der Waals surface area contributed by atoms with Gasteiger partial charge in [0.25, 0.3) is 0 Å². The van der Waals surface area contributed by atoms with Gasteiger partial charge >= 0.3 is 0 Å². The highest BCUT2D eigenvalue weighted by Crippen LogP contribution is 2.77. The maximum atomic E-state index is 10.8. The van der Waals surface area contributed by atoms with E-state index in [0.29, 0.717) is 31.3 Å². The lowest BCUT2D eigenvalue weighted by molar-refractivity contribution is -0.329.